The Kier molecular flexibility index (Phi) is 6.58. The molecular formula is C23H25FN4O2S. The number of halogens is 1. The summed E-state index contributed by atoms with van der Waals surface area (Å²) >= 11 is 1.18. The van der Waals surface area contributed by atoms with Crippen molar-refractivity contribution in [1.82, 2.24) is 19.8 Å². The summed E-state index contributed by atoms with van der Waals surface area (Å²) in [6, 6.07) is 10.7. The predicted molar refractivity (Wildman–Crippen MR) is 119 cm³/mol. The van der Waals surface area contributed by atoms with Gasteiger partial charge in [-0.25, -0.2) is 4.39 Å². The van der Waals surface area contributed by atoms with Gasteiger partial charge >= 0.3 is 4.87 Å². The number of nitrogens with one attached hydrogen (secondary N) is 1. The van der Waals surface area contributed by atoms with E-state index in [1.54, 1.807) is 23.8 Å². The fraction of sp³-hybridized carbons (Fsp3) is 0.348. The van der Waals surface area contributed by atoms with Crippen LogP contribution in [0.2, 0.25) is 0 Å². The van der Waals surface area contributed by atoms with Crippen LogP contribution in [0.3, 0.4) is 0 Å². The van der Waals surface area contributed by atoms with Gasteiger partial charge < -0.3 is 5.32 Å². The smallest absolute Gasteiger partial charge is 0.308 e. The summed E-state index contributed by atoms with van der Waals surface area (Å²) in [4.78, 5) is 31.5. The molecule has 1 aromatic carbocycles. The summed E-state index contributed by atoms with van der Waals surface area (Å²) in [5.41, 5.74) is 2.95. The van der Waals surface area contributed by atoms with Crippen molar-refractivity contribution in [3.05, 3.63) is 74.6 Å². The van der Waals surface area contributed by atoms with Gasteiger partial charge in [0.05, 0.1) is 18.1 Å². The van der Waals surface area contributed by atoms with Crippen molar-refractivity contribution in [2.75, 3.05) is 13.1 Å². The Morgan fingerprint density at radius 1 is 1.26 bits per heavy atom. The third-order valence-electron chi connectivity index (χ3n) is 5.71. The highest BCUT2D eigenvalue weighted by atomic mass is 32.1. The molecule has 1 fully saturated rings. The number of benzene rings is 1. The molecule has 1 aliphatic heterocycles. The van der Waals surface area contributed by atoms with Crippen LogP contribution in [0.1, 0.15) is 24.0 Å². The fourth-order valence-corrected chi connectivity index (χ4v) is 4.54. The molecule has 0 spiro atoms. The standard InChI is InChI=1S/C23H25FN4O2S/c1-16-5-6-17(12-19(16)24)13-26-22(29)18-7-10-27(11-8-18)15-28-21(14-31-23(28)30)20-4-2-3-9-25-20/h2-6,9,12,14,18H,7-8,10-11,13,15H2,1H3,(H,26,29). The number of likely N-dealkylation sites (tertiary alicyclic amines) is 1. The molecule has 4 rings (SSSR count). The van der Waals surface area contributed by atoms with E-state index in [0.29, 0.717) is 18.8 Å². The largest absolute Gasteiger partial charge is 0.352 e. The molecule has 0 saturated carbocycles. The number of carbonyl (C=O) groups is 1. The van der Waals surface area contributed by atoms with Crippen LogP contribution in [-0.4, -0.2) is 33.4 Å². The van der Waals surface area contributed by atoms with Gasteiger partial charge in [0, 0.05) is 37.1 Å². The van der Waals surface area contributed by atoms with E-state index in [1.165, 1.54) is 17.4 Å². The van der Waals surface area contributed by atoms with Crippen molar-refractivity contribution in [3.8, 4) is 11.4 Å². The Morgan fingerprint density at radius 3 is 2.77 bits per heavy atom. The number of pyridine rings is 1. The third-order valence-corrected chi connectivity index (χ3v) is 6.48. The quantitative estimate of drug-likeness (QED) is 0.638. The monoisotopic (exact) mass is 440 g/mol. The second-order valence-corrected chi connectivity index (χ2v) is 8.69. The van der Waals surface area contributed by atoms with Crippen molar-refractivity contribution >= 4 is 17.2 Å². The lowest BCUT2D eigenvalue weighted by molar-refractivity contribution is -0.126. The van der Waals surface area contributed by atoms with E-state index >= 15 is 0 Å². The Bertz CT molecular complexity index is 1100. The van der Waals surface area contributed by atoms with Gasteiger partial charge in [-0.3, -0.25) is 24.0 Å². The number of amides is 1. The molecule has 1 aliphatic rings. The number of carbonyl (C=O) groups excluding carboxylic acids is 1. The van der Waals surface area contributed by atoms with Crippen LogP contribution < -0.4 is 10.2 Å². The van der Waals surface area contributed by atoms with Gasteiger partial charge in [-0.2, -0.15) is 0 Å². The van der Waals surface area contributed by atoms with Crippen LogP contribution in [0.25, 0.3) is 11.4 Å². The van der Waals surface area contributed by atoms with Crippen LogP contribution in [-0.2, 0) is 18.0 Å². The van der Waals surface area contributed by atoms with Crippen LogP contribution in [0, 0.1) is 18.7 Å². The van der Waals surface area contributed by atoms with Crippen molar-refractivity contribution in [2.45, 2.75) is 33.0 Å². The minimum absolute atomic E-state index is 0.00232. The molecule has 3 heterocycles. The fourth-order valence-electron chi connectivity index (χ4n) is 3.80. The maximum absolute atomic E-state index is 13.7. The molecule has 6 nitrogen and oxygen atoms in total. The van der Waals surface area contributed by atoms with Crippen LogP contribution in [0.5, 0.6) is 0 Å². The zero-order chi connectivity index (χ0) is 21.8. The minimum atomic E-state index is -0.256. The molecule has 31 heavy (non-hydrogen) atoms. The van der Waals surface area contributed by atoms with Crippen molar-refractivity contribution in [2.24, 2.45) is 5.92 Å². The van der Waals surface area contributed by atoms with Crippen LogP contribution in [0.15, 0.2) is 52.8 Å². The Balaban J connectivity index is 1.31. The van der Waals surface area contributed by atoms with Gasteiger partial charge in [0.2, 0.25) is 5.91 Å². The second kappa shape index (κ2) is 9.53. The highest BCUT2D eigenvalue weighted by molar-refractivity contribution is 7.07. The van der Waals surface area contributed by atoms with Gasteiger partial charge in [0.1, 0.15) is 5.82 Å². The molecule has 1 N–H and O–H groups in total. The first-order chi connectivity index (χ1) is 15.0. The summed E-state index contributed by atoms with van der Waals surface area (Å²) in [5.74, 6) is -0.322. The first kappa shape index (κ1) is 21.4. The molecule has 0 radical (unpaired) electrons. The first-order valence-electron chi connectivity index (χ1n) is 10.4. The molecule has 162 valence electrons. The Labute approximate surface area is 184 Å². The highest BCUT2D eigenvalue weighted by Gasteiger charge is 2.25. The number of nitrogens with zero attached hydrogens (tertiary/aromatic N) is 3. The summed E-state index contributed by atoms with van der Waals surface area (Å²) in [6.07, 6.45) is 3.18. The molecule has 0 aliphatic carbocycles. The molecule has 1 amide bonds. The highest BCUT2D eigenvalue weighted by Crippen LogP contribution is 2.21. The summed E-state index contributed by atoms with van der Waals surface area (Å²) < 4.78 is 15.4. The number of piperidine rings is 1. The minimum Gasteiger partial charge on any atom is -0.352 e. The van der Waals surface area contributed by atoms with Crippen molar-refractivity contribution in [3.63, 3.8) is 0 Å². The average Bonchev–Trinajstić information content (AvgIpc) is 3.15. The van der Waals surface area contributed by atoms with E-state index in [1.807, 2.05) is 29.6 Å². The number of thiazole rings is 1. The van der Waals surface area contributed by atoms with Gasteiger partial charge in [-0.1, -0.05) is 29.5 Å². The summed E-state index contributed by atoms with van der Waals surface area (Å²) in [5, 5.41) is 4.78. The zero-order valence-corrected chi connectivity index (χ0v) is 18.2. The number of hydrogen-bond donors (Lipinski definition) is 1. The van der Waals surface area contributed by atoms with Crippen LogP contribution in [0.4, 0.5) is 4.39 Å². The summed E-state index contributed by atoms with van der Waals surface area (Å²) in [6.45, 7) is 4.01. The van der Waals surface area contributed by atoms with Crippen molar-refractivity contribution in [1.29, 1.82) is 0 Å². The van der Waals surface area contributed by atoms with Gasteiger partial charge in [0.25, 0.3) is 0 Å². The molecule has 1 saturated heterocycles. The topological polar surface area (TPSA) is 67.2 Å². The van der Waals surface area contributed by atoms with E-state index in [4.69, 9.17) is 0 Å². The Hall–Kier alpha value is -2.84. The number of aromatic nitrogens is 2. The van der Waals surface area contributed by atoms with E-state index in [9.17, 15) is 14.0 Å². The maximum Gasteiger partial charge on any atom is 0.308 e. The predicted octanol–water partition coefficient (Wildman–Crippen LogP) is 3.41. The lowest BCUT2D eigenvalue weighted by atomic mass is 9.96. The van der Waals surface area contributed by atoms with Gasteiger partial charge in [-0.05, 0) is 49.1 Å². The number of hydrogen-bond acceptors (Lipinski definition) is 5. The molecule has 3 aromatic rings. The van der Waals surface area contributed by atoms with E-state index in [-0.39, 0.29) is 22.5 Å². The molecule has 0 bridgehead atoms. The lowest BCUT2D eigenvalue weighted by Crippen LogP contribution is -2.41. The number of rotatable bonds is 6. The molecule has 8 heteroatoms. The number of aryl methyl sites for hydroxylation is 1. The van der Waals surface area contributed by atoms with Crippen molar-refractivity contribution < 1.29 is 9.18 Å². The van der Waals surface area contributed by atoms with Crippen LogP contribution >= 0.6 is 11.3 Å². The molecule has 2 aromatic heterocycles. The van der Waals surface area contributed by atoms with E-state index < -0.39 is 0 Å². The normalized spacial score (nSPS) is 15.2. The first-order valence-corrected chi connectivity index (χ1v) is 11.2. The lowest BCUT2D eigenvalue weighted by Gasteiger charge is -2.31. The van der Waals surface area contributed by atoms with Gasteiger partial charge in [-0.15, -0.1) is 0 Å². The zero-order valence-electron chi connectivity index (χ0n) is 17.4. The summed E-state index contributed by atoms with van der Waals surface area (Å²) in [7, 11) is 0. The van der Waals surface area contributed by atoms with E-state index in [2.05, 4.69) is 15.2 Å². The molecule has 0 atom stereocenters. The van der Waals surface area contributed by atoms with E-state index in [0.717, 1.165) is 42.9 Å². The second-order valence-electron chi connectivity index (χ2n) is 7.86. The molecule has 0 unspecified atom stereocenters. The maximum atomic E-state index is 13.7. The SMILES string of the molecule is Cc1ccc(CNC(=O)C2CCN(Cn3c(-c4ccccn4)csc3=O)CC2)cc1F. The average molecular weight is 441 g/mol. The third kappa shape index (κ3) is 5.08. The Morgan fingerprint density at radius 2 is 2.06 bits per heavy atom. The van der Waals surface area contributed by atoms with Gasteiger partial charge in [0.15, 0.2) is 0 Å². The molecular weight excluding hydrogens is 415 g/mol.